The van der Waals surface area contributed by atoms with E-state index in [0.29, 0.717) is 6.04 Å². The van der Waals surface area contributed by atoms with E-state index in [0.717, 1.165) is 24.6 Å². The van der Waals surface area contributed by atoms with Gasteiger partial charge in [-0.1, -0.05) is 12.1 Å². The number of rotatable bonds is 4. The third-order valence-electron chi connectivity index (χ3n) is 3.56. The Labute approximate surface area is 111 Å². The van der Waals surface area contributed by atoms with Crippen LogP contribution >= 0.6 is 0 Å². The second-order valence-electron chi connectivity index (χ2n) is 5.77. The molecule has 2 heteroatoms. The Hall–Kier alpha value is -1.02. The standard InChI is InChI=1S/C16H25NO/c1-12(2)18-16-6-4-5-14(10-16)9-15-8-7-13(3)17-11-15/h4-6,10,12-13,15,17H,7-9,11H2,1-3H3. The highest BCUT2D eigenvalue weighted by atomic mass is 16.5. The molecule has 18 heavy (non-hydrogen) atoms. The first kappa shape index (κ1) is 13.4. The van der Waals surface area contributed by atoms with Crippen molar-refractivity contribution >= 4 is 0 Å². The van der Waals surface area contributed by atoms with E-state index in [2.05, 4.69) is 44.3 Å². The lowest BCUT2D eigenvalue weighted by molar-refractivity contribution is 0.242. The largest absolute Gasteiger partial charge is 0.491 e. The molecule has 0 bridgehead atoms. The maximum Gasteiger partial charge on any atom is 0.119 e. The van der Waals surface area contributed by atoms with E-state index < -0.39 is 0 Å². The predicted molar refractivity (Wildman–Crippen MR) is 76.1 cm³/mol. The second kappa shape index (κ2) is 6.24. The molecule has 1 aromatic rings. The van der Waals surface area contributed by atoms with E-state index in [1.54, 1.807) is 0 Å². The van der Waals surface area contributed by atoms with Crippen molar-refractivity contribution in [2.24, 2.45) is 5.92 Å². The van der Waals surface area contributed by atoms with Gasteiger partial charge in [0.05, 0.1) is 6.10 Å². The zero-order valence-electron chi connectivity index (χ0n) is 11.8. The summed E-state index contributed by atoms with van der Waals surface area (Å²) in [4.78, 5) is 0. The van der Waals surface area contributed by atoms with Gasteiger partial charge in [-0.15, -0.1) is 0 Å². The minimum absolute atomic E-state index is 0.248. The first-order valence-corrected chi connectivity index (χ1v) is 7.12. The molecule has 1 heterocycles. The van der Waals surface area contributed by atoms with Crippen LogP contribution in [0.2, 0.25) is 0 Å². The lowest BCUT2D eigenvalue weighted by Crippen LogP contribution is -2.37. The molecule has 0 amide bonds. The second-order valence-corrected chi connectivity index (χ2v) is 5.77. The van der Waals surface area contributed by atoms with Gasteiger partial charge in [-0.25, -0.2) is 0 Å². The van der Waals surface area contributed by atoms with Gasteiger partial charge in [-0.05, 0) is 70.2 Å². The molecule has 2 atom stereocenters. The van der Waals surface area contributed by atoms with Crippen LogP contribution in [0.5, 0.6) is 5.75 Å². The van der Waals surface area contributed by atoms with Gasteiger partial charge >= 0.3 is 0 Å². The van der Waals surface area contributed by atoms with E-state index in [9.17, 15) is 0 Å². The van der Waals surface area contributed by atoms with Gasteiger partial charge in [0.2, 0.25) is 0 Å². The zero-order chi connectivity index (χ0) is 13.0. The normalized spacial score (nSPS) is 24.2. The molecule has 1 saturated heterocycles. The molecule has 1 fully saturated rings. The number of hydrogen-bond acceptors (Lipinski definition) is 2. The summed E-state index contributed by atoms with van der Waals surface area (Å²) >= 11 is 0. The monoisotopic (exact) mass is 247 g/mol. The first-order valence-electron chi connectivity index (χ1n) is 7.12. The molecule has 100 valence electrons. The molecule has 1 N–H and O–H groups in total. The summed E-state index contributed by atoms with van der Waals surface area (Å²) in [7, 11) is 0. The molecule has 0 aliphatic carbocycles. The molecule has 0 radical (unpaired) electrons. The summed E-state index contributed by atoms with van der Waals surface area (Å²) in [5.74, 6) is 1.77. The summed E-state index contributed by atoms with van der Waals surface area (Å²) < 4.78 is 5.75. The summed E-state index contributed by atoms with van der Waals surface area (Å²) in [6.45, 7) is 7.56. The molecule has 2 unspecified atom stereocenters. The smallest absolute Gasteiger partial charge is 0.119 e. The van der Waals surface area contributed by atoms with E-state index >= 15 is 0 Å². The molecule has 0 spiro atoms. The highest BCUT2D eigenvalue weighted by Gasteiger charge is 2.17. The number of nitrogens with one attached hydrogen (secondary N) is 1. The highest BCUT2D eigenvalue weighted by Crippen LogP contribution is 2.22. The molecule has 1 aliphatic heterocycles. The third-order valence-corrected chi connectivity index (χ3v) is 3.56. The summed E-state index contributed by atoms with van der Waals surface area (Å²) in [5.41, 5.74) is 1.40. The summed E-state index contributed by atoms with van der Waals surface area (Å²) in [5, 5.41) is 3.57. The molecule has 2 nitrogen and oxygen atoms in total. The van der Waals surface area contributed by atoms with Crippen molar-refractivity contribution in [2.75, 3.05) is 6.54 Å². The Kier molecular flexibility index (Phi) is 4.65. The van der Waals surface area contributed by atoms with Crippen molar-refractivity contribution in [1.82, 2.24) is 5.32 Å². The fourth-order valence-corrected chi connectivity index (χ4v) is 2.58. The lowest BCUT2D eigenvalue weighted by atomic mass is 9.90. The van der Waals surface area contributed by atoms with Crippen LogP contribution in [0.1, 0.15) is 39.2 Å². The molecule has 0 saturated carbocycles. The number of ether oxygens (including phenoxy) is 1. The summed E-state index contributed by atoms with van der Waals surface area (Å²) in [6, 6.07) is 9.25. The van der Waals surface area contributed by atoms with E-state index in [1.165, 1.54) is 18.4 Å². The summed E-state index contributed by atoms with van der Waals surface area (Å²) in [6.07, 6.45) is 4.04. The third kappa shape index (κ3) is 4.02. The predicted octanol–water partition coefficient (Wildman–Crippen LogP) is 3.40. The van der Waals surface area contributed by atoms with Crippen LogP contribution in [-0.4, -0.2) is 18.7 Å². The average Bonchev–Trinajstić information content (AvgIpc) is 2.32. The van der Waals surface area contributed by atoms with Gasteiger partial charge in [0.25, 0.3) is 0 Å². The van der Waals surface area contributed by atoms with Gasteiger partial charge in [-0.3, -0.25) is 0 Å². The van der Waals surface area contributed by atoms with Crippen LogP contribution in [0.3, 0.4) is 0 Å². The van der Waals surface area contributed by atoms with Crippen molar-refractivity contribution in [1.29, 1.82) is 0 Å². The molecular weight excluding hydrogens is 222 g/mol. The van der Waals surface area contributed by atoms with Gasteiger partial charge < -0.3 is 10.1 Å². The Morgan fingerprint density at radius 3 is 2.83 bits per heavy atom. The maximum absolute atomic E-state index is 5.75. The van der Waals surface area contributed by atoms with E-state index in [4.69, 9.17) is 4.74 Å². The minimum Gasteiger partial charge on any atom is -0.491 e. The quantitative estimate of drug-likeness (QED) is 0.880. The Bertz CT molecular complexity index is 367. The average molecular weight is 247 g/mol. The first-order chi connectivity index (χ1) is 8.63. The highest BCUT2D eigenvalue weighted by molar-refractivity contribution is 5.29. The van der Waals surface area contributed by atoms with Crippen LogP contribution in [0.25, 0.3) is 0 Å². The SMILES string of the molecule is CC1CCC(Cc2cccc(OC(C)C)c2)CN1. The molecule has 2 rings (SSSR count). The van der Waals surface area contributed by atoms with Crippen molar-refractivity contribution in [3.63, 3.8) is 0 Å². The van der Waals surface area contributed by atoms with E-state index in [1.807, 2.05) is 6.07 Å². The van der Waals surface area contributed by atoms with Crippen molar-refractivity contribution in [2.45, 2.75) is 52.2 Å². The van der Waals surface area contributed by atoms with Crippen LogP contribution in [0.4, 0.5) is 0 Å². The van der Waals surface area contributed by atoms with Crippen molar-refractivity contribution in [3.8, 4) is 5.75 Å². The molecule has 1 aliphatic rings. The molecule has 0 aromatic heterocycles. The van der Waals surface area contributed by atoms with Gasteiger partial charge in [-0.2, -0.15) is 0 Å². The number of benzene rings is 1. The van der Waals surface area contributed by atoms with E-state index in [-0.39, 0.29) is 6.10 Å². The van der Waals surface area contributed by atoms with Gasteiger partial charge in [0.15, 0.2) is 0 Å². The minimum atomic E-state index is 0.248. The fourth-order valence-electron chi connectivity index (χ4n) is 2.58. The van der Waals surface area contributed by atoms with Gasteiger partial charge in [0, 0.05) is 6.04 Å². The van der Waals surface area contributed by atoms with Crippen molar-refractivity contribution < 1.29 is 4.74 Å². The van der Waals surface area contributed by atoms with Crippen LogP contribution in [0.15, 0.2) is 24.3 Å². The Morgan fingerprint density at radius 2 is 2.17 bits per heavy atom. The topological polar surface area (TPSA) is 21.3 Å². The number of piperidine rings is 1. The van der Waals surface area contributed by atoms with Crippen LogP contribution in [-0.2, 0) is 6.42 Å². The van der Waals surface area contributed by atoms with Gasteiger partial charge in [0.1, 0.15) is 5.75 Å². The van der Waals surface area contributed by atoms with Crippen LogP contribution < -0.4 is 10.1 Å². The van der Waals surface area contributed by atoms with Crippen molar-refractivity contribution in [3.05, 3.63) is 29.8 Å². The molecule has 1 aromatic carbocycles. The lowest BCUT2D eigenvalue weighted by Gasteiger charge is -2.27. The Balaban J connectivity index is 1.92. The Morgan fingerprint density at radius 1 is 1.33 bits per heavy atom. The van der Waals surface area contributed by atoms with Crippen LogP contribution in [0, 0.1) is 5.92 Å². The molecular formula is C16H25NO. The maximum atomic E-state index is 5.75. The number of hydrogen-bond donors (Lipinski definition) is 1. The zero-order valence-corrected chi connectivity index (χ0v) is 11.8. The fraction of sp³-hybridized carbons (Fsp3) is 0.625.